The molecule has 2 aromatic rings. The van der Waals surface area contributed by atoms with Crippen molar-refractivity contribution in [1.82, 2.24) is 4.98 Å². The number of hydrogen-bond acceptors (Lipinski definition) is 5. The van der Waals surface area contributed by atoms with Gasteiger partial charge in [0.1, 0.15) is 5.75 Å². The topological polar surface area (TPSA) is 43.4 Å². The van der Waals surface area contributed by atoms with Crippen molar-refractivity contribution in [2.45, 2.75) is 0 Å². The fourth-order valence-corrected chi connectivity index (χ4v) is 2.66. The van der Waals surface area contributed by atoms with Gasteiger partial charge in [-0.15, -0.1) is 0 Å². The van der Waals surface area contributed by atoms with Gasteiger partial charge in [-0.25, -0.2) is 4.98 Å². The number of nitrogens with one attached hydrogen (secondary N) is 1. The van der Waals surface area contributed by atoms with E-state index in [1.807, 2.05) is 24.4 Å². The number of nitrogens with zero attached hydrogens (tertiary/aromatic N) is 1. The monoisotopic (exact) mass is 298 g/mol. The molecule has 19 heavy (non-hydrogen) atoms. The Morgan fingerprint density at radius 1 is 1.37 bits per heavy atom. The molecule has 1 N–H and O–H groups in total. The van der Waals surface area contributed by atoms with Crippen LogP contribution in [0.5, 0.6) is 5.75 Å². The van der Waals surface area contributed by atoms with Crippen LogP contribution in [-0.2, 0) is 4.74 Å². The Balaban J connectivity index is 2.11. The van der Waals surface area contributed by atoms with Gasteiger partial charge in [0.2, 0.25) is 0 Å². The van der Waals surface area contributed by atoms with Crippen LogP contribution >= 0.6 is 22.9 Å². The van der Waals surface area contributed by atoms with Gasteiger partial charge in [-0.3, -0.25) is 0 Å². The molecule has 0 saturated carbocycles. The van der Waals surface area contributed by atoms with Crippen molar-refractivity contribution in [1.29, 1.82) is 0 Å². The molecule has 0 atom stereocenters. The smallest absolute Gasteiger partial charge is 0.183 e. The highest BCUT2D eigenvalue weighted by atomic mass is 35.5. The van der Waals surface area contributed by atoms with E-state index in [-0.39, 0.29) is 0 Å². The molecule has 0 radical (unpaired) electrons. The van der Waals surface area contributed by atoms with E-state index < -0.39 is 0 Å². The van der Waals surface area contributed by atoms with Crippen molar-refractivity contribution >= 4 is 28.1 Å². The fraction of sp³-hybridized carbons (Fsp3) is 0.308. The molecule has 0 bridgehead atoms. The predicted molar refractivity (Wildman–Crippen MR) is 79.5 cm³/mol. The number of anilines is 1. The molecule has 0 aliphatic rings. The van der Waals surface area contributed by atoms with Gasteiger partial charge in [0.05, 0.1) is 23.6 Å². The molecule has 1 heterocycles. The van der Waals surface area contributed by atoms with Crippen molar-refractivity contribution in [3.63, 3.8) is 0 Å². The minimum Gasteiger partial charge on any atom is -0.495 e. The maximum atomic E-state index is 6.12. The van der Waals surface area contributed by atoms with E-state index >= 15 is 0 Å². The number of methoxy groups -OCH3 is 2. The van der Waals surface area contributed by atoms with Gasteiger partial charge in [0.25, 0.3) is 0 Å². The molecule has 2 rings (SSSR count). The average Bonchev–Trinajstić information content (AvgIpc) is 2.88. The largest absolute Gasteiger partial charge is 0.495 e. The molecule has 0 amide bonds. The molecule has 4 nitrogen and oxygen atoms in total. The van der Waals surface area contributed by atoms with Gasteiger partial charge in [-0.2, -0.15) is 0 Å². The summed E-state index contributed by atoms with van der Waals surface area (Å²) in [4.78, 5) is 5.37. The molecule has 102 valence electrons. The fourth-order valence-electron chi connectivity index (χ4n) is 1.57. The number of thiazole rings is 1. The molecule has 0 spiro atoms. The Hall–Kier alpha value is -1.30. The number of halogens is 1. The Bertz CT molecular complexity index is 545. The molecular weight excluding hydrogens is 284 g/mol. The number of benzene rings is 1. The molecule has 0 aliphatic heterocycles. The molecule has 0 saturated heterocycles. The molecule has 1 aromatic carbocycles. The summed E-state index contributed by atoms with van der Waals surface area (Å²) in [6, 6.07) is 5.71. The number of ether oxygens (including phenoxy) is 2. The van der Waals surface area contributed by atoms with Crippen LogP contribution in [0.15, 0.2) is 24.4 Å². The van der Waals surface area contributed by atoms with Crippen LogP contribution in [0.25, 0.3) is 10.4 Å². The summed E-state index contributed by atoms with van der Waals surface area (Å²) in [5, 5.41) is 4.67. The Labute approximate surface area is 121 Å². The first-order chi connectivity index (χ1) is 9.24. The molecule has 6 heteroatoms. The second-order valence-electron chi connectivity index (χ2n) is 3.80. The highest BCUT2D eigenvalue weighted by Gasteiger charge is 2.07. The van der Waals surface area contributed by atoms with Crippen molar-refractivity contribution in [3.8, 4) is 16.2 Å². The third kappa shape index (κ3) is 3.59. The van der Waals surface area contributed by atoms with E-state index in [9.17, 15) is 0 Å². The van der Waals surface area contributed by atoms with E-state index in [2.05, 4.69) is 10.3 Å². The maximum absolute atomic E-state index is 6.12. The van der Waals surface area contributed by atoms with Gasteiger partial charge < -0.3 is 14.8 Å². The van der Waals surface area contributed by atoms with Crippen LogP contribution in [0.1, 0.15) is 0 Å². The molecule has 1 aromatic heterocycles. The van der Waals surface area contributed by atoms with E-state index in [1.165, 1.54) is 0 Å². The molecular formula is C13H15ClN2O2S. The third-order valence-electron chi connectivity index (χ3n) is 2.52. The summed E-state index contributed by atoms with van der Waals surface area (Å²) in [6.45, 7) is 1.40. The maximum Gasteiger partial charge on any atom is 0.183 e. The summed E-state index contributed by atoms with van der Waals surface area (Å²) in [5.74, 6) is 0.674. The summed E-state index contributed by atoms with van der Waals surface area (Å²) >= 11 is 7.70. The Morgan fingerprint density at radius 2 is 2.21 bits per heavy atom. The molecule has 0 fully saturated rings. The van der Waals surface area contributed by atoms with Crippen LogP contribution in [0.2, 0.25) is 5.02 Å². The zero-order chi connectivity index (χ0) is 13.7. The summed E-state index contributed by atoms with van der Waals surface area (Å²) < 4.78 is 10.1. The van der Waals surface area contributed by atoms with Gasteiger partial charge >= 0.3 is 0 Å². The SMILES string of the molecule is COCCNc1ncc(-c2ccc(OC)c(Cl)c2)s1. The van der Waals surface area contributed by atoms with E-state index in [1.54, 1.807) is 25.6 Å². The first-order valence-corrected chi connectivity index (χ1v) is 6.96. The van der Waals surface area contributed by atoms with Crippen LogP contribution in [0.3, 0.4) is 0 Å². The summed E-state index contributed by atoms with van der Waals surface area (Å²) in [6.07, 6.45) is 1.83. The average molecular weight is 299 g/mol. The number of aromatic nitrogens is 1. The first-order valence-electron chi connectivity index (χ1n) is 5.77. The second-order valence-corrected chi connectivity index (χ2v) is 5.24. The van der Waals surface area contributed by atoms with Gasteiger partial charge in [-0.1, -0.05) is 22.9 Å². The highest BCUT2D eigenvalue weighted by Crippen LogP contribution is 2.34. The molecule has 0 unspecified atom stereocenters. The van der Waals surface area contributed by atoms with Crippen LogP contribution in [0.4, 0.5) is 5.13 Å². The van der Waals surface area contributed by atoms with Crippen LogP contribution in [-0.4, -0.2) is 32.4 Å². The lowest BCUT2D eigenvalue weighted by molar-refractivity contribution is 0.211. The lowest BCUT2D eigenvalue weighted by Crippen LogP contribution is -2.06. The van der Waals surface area contributed by atoms with Crippen LogP contribution in [0, 0.1) is 0 Å². The van der Waals surface area contributed by atoms with Crippen molar-refractivity contribution in [3.05, 3.63) is 29.4 Å². The van der Waals surface area contributed by atoms with E-state index in [0.717, 1.165) is 22.1 Å². The van der Waals surface area contributed by atoms with Crippen LogP contribution < -0.4 is 10.1 Å². The van der Waals surface area contributed by atoms with Gasteiger partial charge in [0, 0.05) is 19.9 Å². The second kappa shape index (κ2) is 6.75. The van der Waals surface area contributed by atoms with Crippen molar-refractivity contribution < 1.29 is 9.47 Å². The number of hydrogen-bond donors (Lipinski definition) is 1. The standard InChI is InChI=1S/C13H15ClN2O2S/c1-17-6-5-15-13-16-8-12(19-13)9-3-4-11(18-2)10(14)7-9/h3-4,7-8H,5-6H2,1-2H3,(H,15,16). The Kier molecular flexibility index (Phi) is 5.01. The van der Waals surface area contributed by atoms with E-state index in [0.29, 0.717) is 17.4 Å². The zero-order valence-corrected chi connectivity index (χ0v) is 12.3. The van der Waals surface area contributed by atoms with Crippen molar-refractivity contribution in [2.75, 3.05) is 32.7 Å². The highest BCUT2D eigenvalue weighted by molar-refractivity contribution is 7.18. The zero-order valence-electron chi connectivity index (χ0n) is 10.8. The lowest BCUT2D eigenvalue weighted by atomic mass is 10.2. The van der Waals surface area contributed by atoms with Crippen molar-refractivity contribution in [2.24, 2.45) is 0 Å². The summed E-state index contributed by atoms with van der Waals surface area (Å²) in [5.41, 5.74) is 1.03. The minimum atomic E-state index is 0.599. The Morgan fingerprint density at radius 3 is 2.89 bits per heavy atom. The normalized spacial score (nSPS) is 10.5. The predicted octanol–water partition coefficient (Wildman–Crippen LogP) is 3.53. The van der Waals surface area contributed by atoms with Gasteiger partial charge in [-0.05, 0) is 23.8 Å². The number of rotatable bonds is 6. The minimum absolute atomic E-state index is 0.599. The third-order valence-corrected chi connectivity index (χ3v) is 3.82. The van der Waals surface area contributed by atoms with Gasteiger partial charge in [0.15, 0.2) is 5.13 Å². The quantitative estimate of drug-likeness (QED) is 0.829. The summed E-state index contributed by atoms with van der Waals surface area (Å²) in [7, 11) is 3.28. The lowest BCUT2D eigenvalue weighted by Gasteiger charge is -2.04. The van der Waals surface area contributed by atoms with E-state index in [4.69, 9.17) is 21.1 Å². The molecule has 0 aliphatic carbocycles. The first kappa shape index (κ1) is 14.1.